The average molecular weight is 230 g/mol. The lowest BCUT2D eigenvalue weighted by Gasteiger charge is -2.24. The van der Waals surface area contributed by atoms with Crippen LogP contribution in [0.1, 0.15) is 20.3 Å². The molecule has 1 saturated heterocycles. The number of ether oxygens (including phenoxy) is 2. The predicted molar refractivity (Wildman–Crippen MR) is 61.0 cm³/mol. The Morgan fingerprint density at radius 1 is 1.44 bits per heavy atom. The second kappa shape index (κ2) is 6.18. The summed E-state index contributed by atoms with van der Waals surface area (Å²) >= 11 is 0. The third-order valence-electron chi connectivity index (χ3n) is 3.10. The molecule has 0 radical (unpaired) electrons. The van der Waals surface area contributed by atoms with Gasteiger partial charge in [0.2, 0.25) is 5.91 Å². The molecule has 5 heteroatoms. The summed E-state index contributed by atoms with van der Waals surface area (Å²) in [5.41, 5.74) is 0. The van der Waals surface area contributed by atoms with Gasteiger partial charge >= 0.3 is 0 Å². The normalized spacial score (nSPS) is 27.1. The topological polar surface area (TPSA) is 59.6 Å². The molecule has 0 bridgehead atoms. The molecule has 0 aromatic rings. The Morgan fingerprint density at radius 3 is 2.50 bits per heavy atom. The molecule has 5 nitrogen and oxygen atoms in total. The minimum atomic E-state index is -0.395. The average Bonchev–Trinajstić information content (AvgIpc) is 2.66. The summed E-state index contributed by atoms with van der Waals surface area (Å²) in [6.07, 6.45) is 0.498. The number of amides is 1. The zero-order chi connectivity index (χ0) is 12.1. The van der Waals surface area contributed by atoms with Crippen LogP contribution in [0.3, 0.4) is 0 Å². The van der Waals surface area contributed by atoms with Crippen LogP contribution in [0.2, 0.25) is 0 Å². The lowest BCUT2D eigenvalue weighted by molar-refractivity contribution is -0.138. The Balaban J connectivity index is 2.44. The zero-order valence-electron chi connectivity index (χ0n) is 10.4. The molecule has 1 fully saturated rings. The maximum absolute atomic E-state index is 11.9. The molecule has 3 atom stereocenters. The molecule has 3 unspecified atom stereocenters. The van der Waals surface area contributed by atoms with E-state index in [1.165, 1.54) is 0 Å². The molecular weight excluding hydrogens is 208 g/mol. The Morgan fingerprint density at radius 2 is 2.06 bits per heavy atom. The van der Waals surface area contributed by atoms with Gasteiger partial charge in [0.15, 0.2) is 6.29 Å². The van der Waals surface area contributed by atoms with Crippen molar-refractivity contribution in [3.8, 4) is 0 Å². The van der Waals surface area contributed by atoms with Gasteiger partial charge in [-0.3, -0.25) is 4.79 Å². The van der Waals surface area contributed by atoms with Gasteiger partial charge in [-0.1, -0.05) is 0 Å². The van der Waals surface area contributed by atoms with Crippen LogP contribution in [0.4, 0.5) is 0 Å². The van der Waals surface area contributed by atoms with Crippen molar-refractivity contribution in [2.75, 3.05) is 20.8 Å². The summed E-state index contributed by atoms with van der Waals surface area (Å²) in [5, 5.41) is 6.18. The van der Waals surface area contributed by atoms with Crippen LogP contribution in [-0.2, 0) is 14.3 Å². The molecule has 94 valence electrons. The van der Waals surface area contributed by atoms with E-state index in [0.717, 1.165) is 13.0 Å². The van der Waals surface area contributed by atoms with Gasteiger partial charge in [0.05, 0.1) is 12.0 Å². The highest BCUT2D eigenvalue weighted by molar-refractivity contribution is 5.80. The molecule has 16 heavy (non-hydrogen) atoms. The number of methoxy groups -OCH3 is 2. The third-order valence-corrected chi connectivity index (χ3v) is 3.10. The summed E-state index contributed by atoms with van der Waals surface area (Å²) in [5.74, 6) is 0.126. The molecule has 1 rings (SSSR count). The highest BCUT2D eigenvalue weighted by Crippen LogP contribution is 2.15. The number of carbonyl (C=O) groups excluding carboxylic acids is 1. The summed E-state index contributed by atoms with van der Waals surface area (Å²) in [6, 6.07) is 0.103. The highest BCUT2D eigenvalue weighted by Gasteiger charge is 2.31. The molecule has 1 heterocycles. The minimum absolute atomic E-state index is 0.0526. The molecule has 0 saturated carbocycles. The largest absolute Gasteiger partial charge is 0.354 e. The quantitative estimate of drug-likeness (QED) is 0.658. The molecule has 0 aromatic heterocycles. The molecule has 0 spiro atoms. The van der Waals surface area contributed by atoms with Crippen molar-refractivity contribution in [2.24, 2.45) is 5.92 Å². The summed E-state index contributed by atoms with van der Waals surface area (Å²) in [4.78, 5) is 11.9. The third kappa shape index (κ3) is 3.17. The summed E-state index contributed by atoms with van der Waals surface area (Å²) in [6.45, 7) is 4.82. The van der Waals surface area contributed by atoms with Crippen LogP contribution in [0.25, 0.3) is 0 Å². The van der Waals surface area contributed by atoms with E-state index < -0.39 is 6.29 Å². The van der Waals surface area contributed by atoms with Gasteiger partial charge in [-0.25, -0.2) is 0 Å². The van der Waals surface area contributed by atoms with Crippen LogP contribution in [0, 0.1) is 5.92 Å². The van der Waals surface area contributed by atoms with Crippen molar-refractivity contribution in [2.45, 2.75) is 38.6 Å². The van der Waals surface area contributed by atoms with Crippen molar-refractivity contribution in [3.05, 3.63) is 0 Å². The lowest BCUT2D eigenvalue weighted by atomic mass is 10.0. The first kappa shape index (κ1) is 13.4. The second-order valence-electron chi connectivity index (χ2n) is 4.28. The molecule has 0 aliphatic carbocycles. The van der Waals surface area contributed by atoms with E-state index in [2.05, 4.69) is 10.6 Å². The number of rotatable bonds is 5. The van der Waals surface area contributed by atoms with Crippen LogP contribution < -0.4 is 10.6 Å². The maximum Gasteiger partial charge on any atom is 0.225 e. The lowest BCUT2D eigenvalue weighted by Crippen LogP contribution is -2.47. The van der Waals surface area contributed by atoms with Gasteiger partial charge in [-0.15, -0.1) is 0 Å². The van der Waals surface area contributed by atoms with Crippen molar-refractivity contribution >= 4 is 5.91 Å². The molecular formula is C11H22N2O3. The van der Waals surface area contributed by atoms with Crippen LogP contribution in [0.5, 0.6) is 0 Å². The Labute approximate surface area is 96.9 Å². The standard InChI is InChI=1S/C11H22N2O3/c1-7-9(5-6-12-7)10(14)13-8(2)11(15-3)16-4/h7-9,11-12H,5-6H2,1-4H3,(H,13,14). The Hall–Kier alpha value is -0.650. The summed E-state index contributed by atoms with van der Waals surface area (Å²) < 4.78 is 10.2. The number of hydrogen-bond donors (Lipinski definition) is 2. The van der Waals surface area contributed by atoms with E-state index in [4.69, 9.17) is 9.47 Å². The number of nitrogens with one attached hydrogen (secondary N) is 2. The predicted octanol–water partition coefficient (Wildman–Crippen LogP) is 0.108. The Bertz CT molecular complexity index is 231. The fourth-order valence-corrected chi connectivity index (χ4v) is 2.12. The van der Waals surface area contributed by atoms with Gasteiger partial charge in [0.1, 0.15) is 0 Å². The van der Waals surface area contributed by atoms with Gasteiger partial charge in [-0.2, -0.15) is 0 Å². The first-order valence-electron chi connectivity index (χ1n) is 5.69. The fraction of sp³-hybridized carbons (Fsp3) is 0.909. The van der Waals surface area contributed by atoms with E-state index >= 15 is 0 Å². The van der Waals surface area contributed by atoms with Crippen molar-refractivity contribution < 1.29 is 14.3 Å². The smallest absolute Gasteiger partial charge is 0.225 e. The molecule has 1 aliphatic rings. The monoisotopic (exact) mass is 230 g/mol. The van der Waals surface area contributed by atoms with Crippen molar-refractivity contribution in [1.29, 1.82) is 0 Å². The first-order chi connectivity index (χ1) is 7.60. The molecule has 2 N–H and O–H groups in total. The molecule has 0 aromatic carbocycles. The number of carbonyl (C=O) groups is 1. The minimum Gasteiger partial charge on any atom is -0.354 e. The molecule has 1 aliphatic heterocycles. The number of hydrogen-bond acceptors (Lipinski definition) is 4. The first-order valence-corrected chi connectivity index (χ1v) is 5.69. The second-order valence-corrected chi connectivity index (χ2v) is 4.28. The van der Waals surface area contributed by atoms with Gasteiger partial charge in [0, 0.05) is 20.3 Å². The van der Waals surface area contributed by atoms with Gasteiger partial charge in [-0.05, 0) is 26.8 Å². The maximum atomic E-state index is 11.9. The van der Waals surface area contributed by atoms with Crippen molar-refractivity contribution in [3.63, 3.8) is 0 Å². The zero-order valence-corrected chi connectivity index (χ0v) is 10.4. The van der Waals surface area contributed by atoms with Gasteiger partial charge in [0.25, 0.3) is 0 Å². The van der Waals surface area contributed by atoms with E-state index in [0.29, 0.717) is 0 Å². The SMILES string of the molecule is COC(OC)C(C)NC(=O)C1CCNC1C. The molecule has 1 amide bonds. The van der Waals surface area contributed by atoms with E-state index in [9.17, 15) is 4.79 Å². The Kier molecular flexibility index (Phi) is 5.18. The van der Waals surface area contributed by atoms with E-state index in [1.807, 2.05) is 13.8 Å². The van der Waals surface area contributed by atoms with E-state index in [-0.39, 0.29) is 23.9 Å². The fourth-order valence-electron chi connectivity index (χ4n) is 2.12. The van der Waals surface area contributed by atoms with Crippen LogP contribution in [-0.4, -0.2) is 45.0 Å². The van der Waals surface area contributed by atoms with Gasteiger partial charge < -0.3 is 20.1 Å². The van der Waals surface area contributed by atoms with E-state index in [1.54, 1.807) is 14.2 Å². The van der Waals surface area contributed by atoms with Crippen molar-refractivity contribution in [1.82, 2.24) is 10.6 Å². The highest BCUT2D eigenvalue weighted by atomic mass is 16.7. The summed E-state index contributed by atoms with van der Waals surface area (Å²) in [7, 11) is 3.13. The van der Waals surface area contributed by atoms with Crippen LogP contribution in [0.15, 0.2) is 0 Å². The van der Waals surface area contributed by atoms with Crippen LogP contribution >= 0.6 is 0 Å².